The lowest BCUT2D eigenvalue weighted by molar-refractivity contribution is 0.549. The van der Waals surface area contributed by atoms with Crippen molar-refractivity contribution in [3.63, 3.8) is 0 Å². The van der Waals surface area contributed by atoms with Crippen LogP contribution in [0.3, 0.4) is 0 Å². The Bertz CT molecular complexity index is 468. The van der Waals surface area contributed by atoms with E-state index in [1.54, 1.807) is 0 Å². The van der Waals surface area contributed by atoms with Crippen LogP contribution in [-0.4, -0.2) is 11.5 Å². The van der Waals surface area contributed by atoms with Gasteiger partial charge in [-0.25, -0.2) is 0 Å². The minimum absolute atomic E-state index is 0.319. The first-order chi connectivity index (χ1) is 8.79. The van der Waals surface area contributed by atoms with Crippen molar-refractivity contribution < 1.29 is 0 Å². The van der Waals surface area contributed by atoms with Crippen molar-refractivity contribution in [1.82, 2.24) is 10.3 Å². The van der Waals surface area contributed by atoms with Gasteiger partial charge in [-0.05, 0) is 48.4 Å². The third-order valence-corrected chi connectivity index (χ3v) is 3.16. The summed E-state index contributed by atoms with van der Waals surface area (Å²) in [7, 11) is 0. The molecule has 2 rings (SSSR count). The van der Waals surface area contributed by atoms with Crippen LogP contribution in [0.2, 0.25) is 5.02 Å². The number of benzene rings is 1. The molecule has 0 spiro atoms. The van der Waals surface area contributed by atoms with Crippen LogP contribution in [0.4, 0.5) is 0 Å². The van der Waals surface area contributed by atoms with Gasteiger partial charge in [-0.2, -0.15) is 0 Å². The lowest BCUT2D eigenvalue weighted by atomic mass is 10.00. The van der Waals surface area contributed by atoms with E-state index in [1.807, 2.05) is 24.5 Å². The Labute approximate surface area is 113 Å². The molecular weight excluding hydrogens is 244 g/mol. The molecule has 1 aromatic carbocycles. The van der Waals surface area contributed by atoms with Crippen molar-refractivity contribution >= 4 is 11.6 Å². The normalized spacial score (nSPS) is 12.3. The van der Waals surface area contributed by atoms with Crippen molar-refractivity contribution in [2.75, 3.05) is 6.54 Å². The Morgan fingerprint density at radius 1 is 1.11 bits per heavy atom. The molecule has 0 aliphatic rings. The van der Waals surface area contributed by atoms with Gasteiger partial charge in [-0.15, -0.1) is 0 Å². The second kappa shape index (κ2) is 6.53. The van der Waals surface area contributed by atoms with Gasteiger partial charge in [-0.3, -0.25) is 4.98 Å². The maximum Gasteiger partial charge on any atom is 0.0406 e. The van der Waals surface area contributed by atoms with E-state index in [-0.39, 0.29) is 0 Å². The third kappa shape index (κ3) is 3.56. The number of nitrogens with zero attached hydrogens (tertiary/aromatic N) is 1. The summed E-state index contributed by atoms with van der Waals surface area (Å²) >= 11 is 5.90. The van der Waals surface area contributed by atoms with E-state index in [9.17, 15) is 0 Å². The Morgan fingerprint density at radius 3 is 2.39 bits per heavy atom. The van der Waals surface area contributed by atoms with Gasteiger partial charge in [0.25, 0.3) is 0 Å². The van der Waals surface area contributed by atoms with Crippen molar-refractivity contribution in [1.29, 1.82) is 0 Å². The minimum atomic E-state index is 0.319. The molecule has 0 amide bonds. The number of hydrogen-bond acceptors (Lipinski definition) is 2. The van der Waals surface area contributed by atoms with E-state index < -0.39 is 0 Å². The number of halogens is 1. The van der Waals surface area contributed by atoms with Crippen molar-refractivity contribution in [2.24, 2.45) is 0 Å². The smallest absolute Gasteiger partial charge is 0.0406 e. The molecule has 1 atom stereocenters. The van der Waals surface area contributed by atoms with Gasteiger partial charge in [0.2, 0.25) is 0 Å². The Morgan fingerprint density at radius 2 is 1.78 bits per heavy atom. The summed E-state index contributed by atoms with van der Waals surface area (Å²) in [5.41, 5.74) is 2.55. The van der Waals surface area contributed by atoms with Crippen LogP contribution in [0.1, 0.15) is 24.1 Å². The fourth-order valence-corrected chi connectivity index (χ4v) is 2.13. The number of rotatable bonds is 5. The first-order valence-corrected chi connectivity index (χ1v) is 6.55. The summed E-state index contributed by atoms with van der Waals surface area (Å²) in [6, 6.07) is 12.5. The molecule has 1 aromatic heterocycles. The van der Waals surface area contributed by atoms with Crippen LogP contribution in [0.15, 0.2) is 48.8 Å². The maximum absolute atomic E-state index is 5.90. The molecule has 2 nitrogen and oxygen atoms in total. The number of aromatic nitrogens is 1. The summed E-state index contributed by atoms with van der Waals surface area (Å²) in [5, 5.41) is 4.28. The average Bonchev–Trinajstić information content (AvgIpc) is 2.42. The highest BCUT2D eigenvalue weighted by Gasteiger charge is 2.10. The van der Waals surface area contributed by atoms with Gasteiger partial charge in [0.1, 0.15) is 0 Å². The number of hydrogen-bond donors (Lipinski definition) is 1. The molecule has 0 bridgehead atoms. The van der Waals surface area contributed by atoms with E-state index >= 15 is 0 Å². The molecule has 1 heterocycles. The number of pyridine rings is 1. The quantitative estimate of drug-likeness (QED) is 0.888. The highest BCUT2D eigenvalue weighted by atomic mass is 35.5. The average molecular weight is 261 g/mol. The Balaban J connectivity index is 2.14. The SMILES string of the molecule is CCNC(Cc1ccc(Cl)cc1)c1ccncc1. The summed E-state index contributed by atoms with van der Waals surface area (Å²) in [6.07, 6.45) is 4.62. The lowest BCUT2D eigenvalue weighted by Crippen LogP contribution is -2.22. The fourth-order valence-electron chi connectivity index (χ4n) is 2.01. The molecule has 0 fully saturated rings. The van der Waals surface area contributed by atoms with E-state index in [1.165, 1.54) is 11.1 Å². The molecule has 3 heteroatoms. The van der Waals surface area contributed by atoms with E-state index in [4.69, 9.17) is 11.6 Å². The first kappa shape index (κ1) is 13.1. The van der Waals surface area contributed by atoms with Gasteiger partial charge in [0, 0.05) is 23.5 Å². The van der Waals surface area contributed by atoms with Crippen LogP contribution in [-0.2, 0) is 6.42 Å². The maximum atomic E-state index is 5.90. The number of likely N-dealkylation sites (N-methyl/N-ethyl adjacent to an activating group) is 1. The molecule has 0 aliphatic carbocycles. The Kier molecular flexibility index (Phi) is 4.73. The zero-order chi connectivity index (χ0) is 12.8. The van der Waals surface area contributed by atoms with Crippen LogP contribution < -0.4 is 5.32 Å². The van der Waals surface area contributed by atoms with E-state index in [2.05, 4.69) is 41.5 Å². The summed E-state index contributed by atoms with van der Waals surface area (Å²) in [4.78, 5) is 4.06. The van der Waals surface area contributed by atoms with Crippen LogP contribution in [0, 0.1) is 0 Å². The van der Waals surface area contributed by atoms with E-state index in [0.717, 1.165) is 18.0 Å². The summed E-state index contributed by atoms with van der Waals surface area (Å²) < 4.78 is 0. The molecule has 0 saturated heterocycles. The highest BCUT2D eigenvalue weighted by molar-refractivity contribution is 6.30. The lowest BCUT2D eigenvalue weighted by Gasteiger charge is -2.18. The van der Waals surface area contributed by atoms with Gasteiger partial charge in [0.05, 0.1) is 0 Å². The molecule has 0 radical (unpaired) electrons. The third-order valence-electron chi connectivity index (χ3n) is 2.91. The molecule has 2 aromatic rings. The molecule has 18 heavy (non-hydrogen) atoms. The molecule has 94 valence electrons. The number of nitrogens with one attached hydrogen (secondary N) is 1. The van der Waals surface area contributed by atoms with Gasteiger partial charge in [0.15, 0.2) is 0 Å². The van der Waals surface area contributed by atoms with Crippen LogP contribution in [0.5, 0.6) is 0 Å². The highest BCUT2D eigenvalue weighted by Crippen LogP contribution is 2.19. The fraction of sp³-hybridized carbons (Fsp3) is 0.267. The monoisotopic (exact) mass is 260 g/mol. The van der Waals surface area contributed by atoms with E-state index in [0.29, 0.717) is 6.04 Å². The van der Waals surface area contributed by atoms with Gasteiger partial charge < -0.3 is 5.32 Å². The largest absolute Gasteiger partial charge is 0.310 e. The predicted octanol–water partition coefficient (Wildman–Crippen LogP) is 3.63. The zero-order valence-corrected chi connectivity index (χ0v) is 11.2. The Hall–Kier alpha value is -1.38. The standard InChI is InChI=1S/C15H17ClN2/c1-2-18-15(13-7-9-17-10-8-13)11-12-3-5-14(16)6-4-12/h3-10,15,18H,2,11H2,1H3. The molecular formula is C15H17ClN2. The van der Waals surface area contributed by atoms with Crippen LogP contribution >= 0.6 is 11.6 Å². The zero-order valence-electron chi connectivity index (χ0n) is 10.4. The second-order valence-electron chi connectivity index (χ2n) is 4.22. The first-order valence-electron chi connectivity index (χ1n) is 6.17. The minimum Gasteiger partial charge on any atom is -0.310 e. The molecule has 0 aliphatic heterocycles. The summed E-state index contributed by atoms with van der Waals surface area (Å²) in [6.45, 7) is 3.07. The van der Waals surface area contributed by atoms with Crippen molar-refractivity contribution in [3.05, 3.63) is 64.9 Å². The summed E-state index contributed by atoms with van der Waals surface area (Å²) in [5.74, 6) is 0. The van der Waals surface area contributed by atoms with Gasteiger partial charge >= 0.3 is 0 Å². The van der Waals surface area contributed by atoms with Crippen molar-refractivity contribution in [3.8, 4) is 0 Å². The molecule has 1 N–H and O–H groups in total. The van der Waals surface area contributed by atoms with Crippen LogP contribution in [0.25, 0.3) is 0 Å². The van der Waals surface area contributed by atoms with Gasteiger partial charge in [-0.1, -0.05) is 30.7 Å². The van der Waals surface area contributed by atoms with Crippen molar-refractivity contribution in [2.45, 2.75) is 19.4 Å². The predicted molar refractivity (Wildman–Crippen MR) is 75.8 cm³/mol. The topological polar surface area (TPSA) is 24.9 Å². The molecule has 1 unspecified atom stereocenters. The second-order valence-corrected chi connectivity index (χ2v) is 4.66. The molecule has 0 saturated carbocycles.